The van der Waals surface area contributed by atoms with Gasteiger partial charge in [0.1, 0.15) is 0 Å². The molecule has 0 aliphatic heterocycles. The van der Waals surface area contributed by atoms with Crippen molar-refractivity contribution in [2.24, 2.45) is 46.3 Å². The SMILES string of the molecule is CC(C)CCC[C@@H](C)[C@H]1CC[C@H]2[C@@H]3C[C]=C4C[C@@H](O)CC[C@]4(C)[C@H]3CC[C@]12C. The molecule has 3 saturated carbocycles. The van der Waals surface area contributed by atoms with Crippen LogP contribution in [0.4, 0.5) is 0 Å². The first-order valence-electron chi connectivity index (χ1n) is 12.5. The third-order valence-electron chi connectivity index (χ3n) is 10.1. The lowest BCUT2D eigenvalue weighted by Gasteiger charge is -2.58. The molecule has 4 aliphatic carbocycles. The highest BCUT2D eigenvalue weighted by atomic mass is 16.3. The van der Waals surface area contributed by atoms with E-state index in [1.165, 1.54) is 63.4 Å². The van der Waals surface area contributed by atoms with Crippen LogP contribution in [0, 0.1) is 52.4 Å². The Kier molecular flexibility index (Phi) is 5.80. The van der Waals surface area contributed by atoms with E-state index in [0.29, 0.717) is 10.8 Å². The summed E-state index contributed by atoms with van der Waals surface area (Å²) in [6.07, 6.45) is 18.1. The van der Waals surface area contributed by atoms with Crippen molar-refractivity contribution in [3.05, 3.63) is 11.6 Å². The minimum Gasteiger partial charge on any atom is -0.393 e. The summed E-state index contributed by atoms with van der Waals surface area (Å²) in [5.74, 6) is 5.31. The molecule has 4 rings (SSSR count). The number of fused-ring (bicyclic) bond motifs is 5. The summed E-state index contributed by atoms with van der Waals surface area (Å²) in [5, 5.41) is 10.2. The van der Waals surface area contributed by atoms with Crippen LogP contribution in [0.25, 0.3) is 0 Å². The number of aliphatic hydroxyl groups excluding tert-OH is 1. The van der Waals surface area contributed by atoms with E-state index in [0.717, 1.165) is 48.3 Å². The molecule has 0 heterocycles. The molecule has 1 nitrogen and oxygen atoms in total. The van der Waals surface area contributed by atoms with Gasteiger partial charge in [-0.25, -0.2) is 0 Å². The van der Waals surface area contributed by atoms with Gasteiger partial charge in [0.05, 0.1) is 6.10 Å². The van der Waals surface area contributed by atoms with E-state index in [9.17, 15) is 5.11 Å². The Morgan fingerprint density at radius 1 is 1.00 bits per heavy atom. The van der Waals surface area contributed by atoms with E-state index in [1.807, 2.05) is 0 Å². The third-order valence-corrected chi connectivity index (χ3v) is 10.1. The van der Waals surface area contributed by atoms with Crippen molar-refractivity contribution < 1.29 is 5.11 Å². The molecule has 1 heteroatoms. The van der Waals surface area contributed by atoms with Gasteiger partial charge in [0, 0.05) is 0 Å². The summed E-state index contributed by atoms with van der Waals surface area (Å²) >= 11 is 0. The number of hydrogen-bond acceptors (Lipinski definition) is 1. The normalized spacial score (nSPS) is 46.5. The zero-order valence-electron chi connectivity index (χ0n) is 19.3. The Hall–Kier alpha value is -0.300. The maximum Gasteiger partial charge on any atom is 0.0578 e. The van der Waals surface area contributed by atoms with Crippen LogP contribution in [0.2, 0.25) is 0 Å². The van der Waals surface area contributed by atoms with Gasteiger partial charge in [-0.3, -0.25) is 0 Å². The first-order valence-corrected chi connectivity index (χ1v) is 12.5. The van der Waals surface area contributed by atoms with E-state index in [2.05, 4.69) is 40.7 Å². The summed E-state index contributed by atoms with van der Waals surface area (Å²) in [6, 6.07) is 0. The van der Waals surface area contributed by atoms with E-state index in [1.54, 1.807) is 0 Å². The van der Waals surface area contributed by atoms with E-state index >= 15 is 0 Å². The summed E-state index contributed by atoms with van der Waals surface area (Å²) in [7, 11) is 0. The first kappa shape index (κ1) is 21.0. The Morgan fingerprint density at radius 3 is 2.54 bits per heavy atom. The Balaban J connectivity index is 1.49. The van der Waals surface area contributed by atoms with Crippen molar-refractivity contribution in [3.8, 4) is 0 Å². The second kappa shape index (κ2) is 7.75. The maximum absolute atomic E-state index is 10.2. The van der Waals surface area contributed by atoms with Gasteiger partial charge in [-0.2, -0.15) is 0 Å². The molecular weight excluding hydrogens is 340 g/mol. The van der Waals surface area contributed by atoms with Gasteiger partial charge in [0.25, 0.3) is 0 Å². The monoisotopic (exact) mass is 385 g/mol. The van der Waals surface area contributed by atoms with Gasteiger partial charge in [-0.1, -0.05) is 59.5 Å². The number of allylic oxidation sites excluding steroid dienone is 1. The molecule has 0 saturated heterocycles. The van der Waals surface area contributed by atoms with Crippen molar-refractivity contribution in [2.45, 2.75) is 111 Å². The predicted octanol–water partition coefficient (Wildman–Crippen LogP) is 7.19. The van der Waals surface area contributed by atoms with Crippen molar-refractivity contribution in [1.29, 1.82) is 0 Å². The Labute approximate surface area is 174 Å². The lowest BCUT2D eigenvalue weighted by atomic mass is 9.47. The highest BCUT2D eigenvalue weighted by molar-refractivity contribution is 5.23. The van der Waals surface area contributed by atoms with Crippen molar-refractivity contribution >= 4 is 0 Å². The number of aliphatic hydroxyl groups is 1. The molecule has 28 heavy (non-hydrogen) atoms. The Morgan fingerprint density at radius 2 is 1.79 bits per heavy atom. The quantitative estimate of drug-likeness (QED) is 0.531. The van der Waals surface area contributed by atoms with Crippen LogP contribution >= 0.6 is 0 Å². The zero-order chi connectivity index (χ0) is 20.1. The fourth-order valence-corrected chi connectivity index (χ4v) is 8.50. The largest absolute Gasteiger partial charge is 0.393 e. The molecule has 8 atom stereocenters. The molecule has 159 valence electrons. The molecule has 4 aliphatic rings. The fraction of sp³-hybridized carbons (Fsp3) is 0.926. The minimum atomic E-state index is -0.108. The smallest absolute Gasteiger partial charge is 0.0578 e. The van der Waals surface area contributed by atoms with Gasteiger partial charge < -0.3 is 5.11 Å². The molecule has 0 aromatic rings. The topological polar surface area (TPSA) is 20.2 Å². The molecule has 0 aromatic carbocycles. The van der Waals surface area contributed by atoms with E-state index in [4.69, 9.17) is 0 Å². The summed E-state index contributed by atoms with van der Waals surface area (Å²) in [6.45, 7) is 12.5. The van der Waals surface area contributed by atoms with Gasteiger partial charge in [-0.15, -0.1) is 0 Å². The highest BCUT2D eigenvalue weighted by Crippen LogP contribution is 2.67. The molecule has 0 aromatic heterocycles. The van der Waals surface area contributed by atoms with Crippen LogP contribution in [0.5, 0.6) is 0 Å². The number of rotatable bonds is 5. The van der Waals surface area contributed by atoms with Crippen LogP contribution < -0.4 is 0 Å². The molecule has 0 unspecified atom stereocenters. The first-order chi connectivity index (χ1) is 13.3. The second-order valence-electron chi connectivity index (χ2n) is 12.1. The van der Waals surface area contributed by atoms with Crippen LogP contribution in [0.3, 0.4) is 0 Å². The van der Waals surface area contributed by atoms with Gasteiger partial charge in [0.2, 0.25) is 0 Å². The molecule has 0 spiro atoms. The molecule has 1 radical (unpaired) electrons. The molecule has 0 amide bonds. The zero-order valence-corrected chi connectivity index (χ0v) is 19.3. The van der Waals surface area contributed by atoms with E-state index < -0.39 is 0 Å². The van der Waals surface area contributed by atoms with Gasteiger partial charge in [-0.05, 0) is 104 Å². The predicted molar refractivity (Wildman–Crippen MR) is 118 cm³/mol. The second-order valence-corrected chi connectivity index (χ2v) is 12.1. The minimum absolute atomic E-state index is 0.108. The summed E-state index contributed by atoms with van der Waals surface area (Å²) in [5.41, 5.74) is 2.40. The average molecular weight is 386 g/mol. The molecule has 3 fully saturated rings. The van der Waals surface area contributed by atoms with E-state index in [-0.39, 0.29) is 6.10 Å². The number of hydrogen-bond donors (Lipinski definition) is 1. The molecule has 0 bridgehead atoms. The van der Waals surface area contributed by atoms with Crippen LogP contribution in [-0.4, -0.2) is 11.2 Å². The maximum atomic E-state index is 10.2. The van der Waals surface area contributed by atoms with Crippen LogP contribution in [0.1, 0.15) is 105 Å². The molecular formula is C27H45O. The lowest BCUT2D eigenvalue weighted by molar-refractivity contribution is -0.0588. The molecule has 1 N–H and O–H groups in total. The fourth-order valence-electron chi connectivity index (χ4n) is 8.50. The van der Waals surface area contributed by atoms with Crippen molar-refractivity contribution in [1.82, 2.24) is 0 Å². The van der Waals surface area contributed by atoms with Gasteiger partial charge >= 0.3 is 0 Å². The van der Waals surface area contributed by atoms with Crippen LogP contribution in [-0.2, 0) is 0 Å². The van der Waals surface area contributed by atoms with Gasteiger partial charge in [0.15, 0.2) is 0 Å². The summed E-state index contributed by atoms with van der Waals surface area (Å²) < 4.78 is 0. The van der Waals surface area contributed by atoms with Crippen molar-refractivity contribution in [3.63, 3.8) is 0 Å². The van der Waals surface area contributed by atoms with Crippen molar-refractivity contribution in [2.75, 3.05) is 0 Å². The highest BCUT2D eigenvalue weighted by Gasteiger charge is 2.59. The third kappa shape index (κ3) is 3.42. The Bertz CT molecular complexity index is 591. The average Bonchev–Trinajstić information content (AvgIpc) is 2.99. The standard InChI is InChI=1S/C27H45O/c1-18(2)7-6-8-19(3)23-11-12-24-22-10-9-20-17-21(28)13-15-26(20,4)25(22)14-16-27(23,24)5/h18-19,21-25,28H,6-8,10-17H2,1-5H3/t19-,21+,22+,23-,24+,25+,26+,27-/m1/s1. The summed E-state index contributed by atoms with van der Waals surface area (Å²) in [4.78, 5) is 0. The van der Waals surface area contributed by atoms with Crippen LogP contribution in [0.15, 0.2) is 5.57 Å². The lowest BCUT2D eigenvalue weighted by Crippen LogP contribution is -2.51.